The zero-order chi connectivity index (χ0) is 13.8. The fourth-order valence-corrected chi connectivity index (χ4v) is 2.35. The number of hydrazone groups is 1. The van der Waals surface area contributed by atoms with Crippen LogP contribution >= 0.6 is 11.8 Å². The van der Waals surface area contributed by atoms with Crippen molar-refractivity contribution in [3.63, 3.8) is 0 Å². The van der Waals surface area contributed by atoms with Gasteiger partial charge < -0.3 is 0 Å². The van der Waals surface area contributed by atoms with Crippen LogP contribution in [0.25, 0.3) is 0 Å². The van der Waals surface area contributed by atoms with Crippen LogP contribution in [-0.4, -0.2) is 28.1 Å². The van der Waals surface area contributed by atoms with Gasteiger partial charge in [0.05, 0.1) is 11.4 Å². The maximum atomic E-state index is 11.8. The Bertz CT molecular complexity index is 537. The fraction of sp³-hybridized carbons (Fsp3) is 0.357. The Kier molecular flexibility index (Phi) is 4.37. The Morgan fingerprint density at radius 2 is 2.11 bits per heavy atom. The van der Waals surface area contributed by atoms with E-state index >= 15 is 0 Å². The monoisotopic (exact) mass is 275 g/mol. The number of aliphatic imine (C=N–C) groups is 1. The number of thioether (sulfide) groups is 1. The lowest BCUT2D eigenvalue weighted by atomic mass is 10.2. The molecule has 0 aliphatic carbocycles. The lowest BCUT2D eigenvalue weighted by Crippen LogP contribution is -2.24. The van der Waals surface area contributed by atoms with Crippen molar-refractivity contribution in [2.24, 2.45) is 16.0 Å². The number of hydrogen-bond donors (Lipinski definition) is 0. The van der Waals surface area contributed by atoms with Gasteiger partial charge >= 0.3 is 0 Å². The molecule has 0 spiro atoms. The molecule has 100 valence electrons. The summed E-state index contributed by atoms with van der Waals surface area (Å²) in [5.41, 5.74) is 1.96. The molecule has 0 aromatic heterocycles. The number of amides is 1. The van der Waals surface area contributed by atoms with E-state index in [0.29, 0.717) is 16.8 Å². The first-order valence-electron chi connectivity index (χ1n) is 6.22. The Labute approximate surface area is 117 Å². The quantitative estimate of drug-likeness (QED) is 0.795. The molecule has 1 aromatic rings. The molecule has 1 fully saturated rings. The van der Waals surface area contributed by atoms with Crippen molar-refractivity contribution in [2.45, 2.75) is 20.8 Å². The second-order valence-electron chi connectivity index (χ2n) is 4.68. The SMILES string of the molecule is Cc1ccccc1/N=C1\SCC(=O)N1/N=C/C(C)C. The van der Waals surface area contributed by atoms with E-state index in [1.165, 1.54) is 16.8 Å². The summed E-state index contributed by atoms with van der Waals surface area (Å²) in [6.07, 6.45) is 1.76. The number of amidine groups is 1. The first-order chi connectivity index (χ1) is 9.08. The molecule has 0 bridgehead atoms. The Morgan fingerprint density at radius 1 is 1.37 bits per heavy atom. The molecule has 5 heteroatoms. The topological polar surface area (TPSA) is 45.0 Å². The predicted octanol–water partition coefficient (Wildman–Crippen LogP) is 3.20. The standard InChI is InChI=1S/C14H17N3OS/c1-10(2)8-15-17-13(18)9-19-14(17)16-12-7-5-4-6-11(12)3/h4-8,10H,9H2,1-3H3/b15-8+,16-14-. The summed E-state index contributed by atoms with van der Waals surface area (Å²) >= 11 is 1.43. The molecule has 19 heavy (non-hydrogen) atoms. The summed E-state index contributed by atoms with van der Waals surface area (Å²) in [6, 6.07) is 7.86. The van der Waals surface area contributed by atoms with Gasteiger partial charge in [-0.2, -0.15) is 10.1 Å². The molecule has 2 rings (SSSR count). The number of rotatable bonds is 3. The van der Waals surface area contributed by atoms with Gasteiger partial charge in [0.2, 0.25) is 0 Å². The first kappa shape index (κ1) is 13.8. The maximum absolute atomic E-state index is 11.8. The van der Waals surface area contributed by atoms with E-state index < -0.39 is 0 Å². The maximum Gasteiger partial charge on any atom is 0.259 e. The third kappa shape index (κ3) is 3.44. The lowest BCUT2D eigenvalue weighted by molar-refractivity contribution is -0.124. The van der Waals surface area contributed by atoms with Crippen molar-refractivity contribution in [3.8, 4) is 0 Å². The predicted molar refractivity (Wildman–Crippen MR) is 80.9 cm³/mol. The molecule has 0 N–H and O–H groups in total. The van der Waals surface area contributed by atoms with Gasteiger partial charge in [-0.3, -0.25) is 4.79 Å². The number of nitrogens with zero attached hydrogens (tertiary/aromatic N) is 3. The average Bonchev–Trinajstić information content (AvgIpc) is 2.71. The number of benzene rings is 1. The van der Waals surface area contributed by atoms with Crippen LogP contribution in [-0.2, 0) is 4.79 Å². The summed E-state index contributed by atoms with van der Waals surface area (Å²) in [5.74, 6) is 0.688. The van der Waals surface area contributed by atoms with E-state index in [1.54, 1.807) is 6.21 Å². The molecule has 1 amide bonds. The van der Waals surface area contributed by atoms with Gasteiger partial charge in [-0.25, -0.2) is 4.99 Å². The highest BCUT2D eigenvalue weighted by molar-refractivity contribution is 8.15. The Hall–Kier alpha value is -1.62. The number of hydrogen-bond acceptors (Lipinski definition) is 4. The summed E-state index contributed by atoms with van der Waals surface area (Å²) < 4.78 is 0. The third-order valence-electron chi connectivity index (χ3n) is 2.55. The number of para-hydroxylation sites is 1. The van der Waals surface area contributed by atoms with Gasteiger partial charge in [-0.1, -0.05) is 43.8 Å². The Balaban J connectivity index is 2.28. The normalized spacial score (nSPS) is 18.2. The van der Waals surface area contributed by atoms with Gasteiger partial charge in [0.25, 0.3) is 5.91 Å². The number of carbonyl (C=O) groups is 1. The molecule has 1 aromatic carbocycles. The summed E-state index contributed by atoms with van der Waals surface area (Å²) in [5, 5.41) is 6.27. The van der Waals surface area contributed by atoms with Crippen molar-refractivity contribution in [1.82, 2.24) is 5.01 Å². The largest absolute Gasteiger partial charge is 0.271 e. The molecule has 0 radical (unpaired) electrons. The van der Waals surface area contributed by atoms with Crippen molar-refractivity contribution in [3.05, 3.63) is 29.8 Å². The molecule has 4 nitrogen and oxygen atoms in total. The lowest BCUT2D eigenvalue weighted by Gasteiger charge is -2.10. The molecular formula is C14H17N3OS. The summed E-state index contributed by atoms with van der Waals surface area (Å²) in [7, 11) is 0. The van der Waals surface area contributed by atoms with Crippen molar-refractivity contribution in [1.29, 1.82) is 0 Å². The van der Waals surface area contributed by atoms with E-state index in [0.717, 1.165) is 11.3 Å². The second kappa shape index (κ2) is 6.02. The van der Waals surface area contributed by atoms with Gasteiger partial charge in [0.15, 0.2) is 5.17 Å². The van der Waals surface area contributed by atoms with Crippen LogP contribution in [0, 0.1) is 12.8 Å². The Morgan fingerprint density at radius 3 is 2.79 bits per heavy atom. The van der Waals surface area contributed by atoms with Gasteiger partial charge in [-0.05, 0) is 24.5 Å². The number of carbonyl (C=O) groups excluding carboxylic acids is 1. The number of aryl methyl sites for hydroxylation is 1. The van der Waals surface area contributed by atoms with Gasteiger partial charge in [-0.15, -0.1) is 0 Å². The van der Waals surface area contributed by atoms with E-state index in [4.69, 9.17) is 0 Å². The van der Waals surface area contributed by atoms with Crippen LogP contribution in [0.1, 0.15) is 19.4 Å². The minimum absolute atomic E-state index is 0.0192. The molecule has 0 saturated carbocycles. The van der Waals surface area contributed by atoms with Crippen LogP contribution in [0.15, 0.2) is 34.4 Å². The molecule has 1 heterocycles. The third-order valence-corrected chi connectivity index (χ3v) is 3.47. The van der Waals surface area contributed by atoms with Crippen LogP contribution in [0.4, 0.5) is 5.69 Å². The zero-order valence-electron chi connectivity index (χ0n) is 11.3. The molecule has 1 aliphatic rings. The van der Waals surface area contributed by atoms with E-state index in [1.807, 2.05) is 45.0 Å². The van der Waals surface area contributed by atoms with Crippen LogP contribution in [0.3, 0.4) is 0 Å². The van der Waals surface area contributed by atoms with Crippen LogP contribution in [0.5, 0.6) is 0 Å². The van der Waals surface area contributed by atoms with Gasteiger partial charge in [0.1, 0.15) is 0 Å². The molecular weight excluding hydrogens is 258 g/mol. The molecule has 0 atom stereocenters. The van der Waals surface area contributed by atoms with E-state index in [-0.39, 0.29) is 5.91 Å². The molecule has 1 aliphatic heterocycles. The van der Waals surface area contributed by atoms with E-state index in [9.17, 15) is 4.79 Å². The smallest absolute Gasteiger partial charge is 0.259 e. The summed E-state index contributed by atoms with van der Waals surface area (Å²) in [4.78, 5) is 16.3. The molecule has 0 unspecified atom stereocenters. The average molecular weight is 275 g/mol. The highest BCUT2D eigenvalue weighted by Gasteiger charge is 2.28. The summed E-state index contributed by atoms with van der Waals surface area (Å²) in [6.45, 7) is 6.05. The first-order valence-corrected chi connectivity index (χ1v) is 7.20. The van der Waals surface area contributed by atoms with Crippen molar-refractivity contribution >= 4 is 34.7 Å². The van der Waals surface area contributed by atoms with Crippen molar-refractivity contribution in [2.75, 3.05) is 5.75 Å². The highest BCUT2D eigenvalue weighted by atomic mass is 32.2. The van der Waals surface area contributed by atoms with Crippen molar-refractivity contribution < 1.29 is 4.79 Å². The minimum atomic E-state index is -0.0192. The van der Waals surface area contributed by atoms with Crippen LogP contribution < -0.4 is 0 Å². The minimum Gasteiger partial charge on any atom is -0.271 e. The second-order valence-corrected chi connectivity index (χ2v) is 5.63. The van der Waals surface area contributed by atoms with Gasteiger partial charge in [0, 0.05) is 6.21 Å². The molecule has 1 saturated heterocycles. The van der Waals surface area contributed by atoms with E-state index in [2.05, 4.69) is 10.1 Å². The fourth-order valence-electron chi connectivity index (χ4n) is 1.54. The zero-order valence-corrected chi connectivity index (χ0v) is 12.1. The van der Waals surface area contributed by atoms with Crippen LogP contribution in [0.2, 0.25) is 0 Å². The highest BCUT2D eigenvalue weighted by Crippen LogP contribution is 2.25.